The van der Waals surface area contributed by atoms with Gasteiger partial charge in [-0.3, -0.25) is 4.79 Å². The van der Waals surface area contributed by atoms with Gasteiger partial charge in [0, 0.05) is 12.6 Å². The Morgan fingerprint density at radius 1 is 1.42 bits per heavy atom. The van der Waals surface area contributed by atoms with Gasteiger partial charge in [0.2, 0.25) is 0 Å². The van der Waals surface area contributed by atoms with Crippen LogP contribution in [0, 0.1) is 5.82 Å². The SMILES string of the molecule is CC(C)N(C(=O)c1cc(F)ccc1Oc1cncnc1Cl)C1CCOC1. The highest BCUT2D eigenvalue weighted by atomic mass is 35.5. The Hall–Kier alpha value is -2.25. The van der Waals surface area contributed by atoms with Crippen molar-refractivity contribution in [2.75, 3.05) is 13.2 Å². The van der Waals surface area contributed by atoms with Crippen LogP contribution in [0.15, 0.2) is 30.7 Å². The first-order chi connectivity index (χ1) is 12.5. The van der Waals surface area contributed by atoms with Gasteiger partial charge >= 0.3 is 0 Å². The van der Waals surface area contributed by atoms with Crippen molar-refractivity contribution in [3.63, 3.8) is 0 Å². The lowest BCUT2D eigenvalue weighted by molar-refractivity contribution is 0.0578. The van der Waals surface area contributed by atoms with E-state index in [9.17, 15) is 9.18 Å². The zero-order valence-corrected chi connectivity index (χ0v) is 15.2. The van der Waals surface area contributed by atoms with E-state index in [1.165, 1.54) is 30.7 Å². The Morgan fingerprint density at radius 2 is 2.23 bits per heavy atom. The molecule has 8 heteroatoms. The highest BCUT2D eigenvalue weighted by Crippen LogP contribution is 2.31. The maximum atomic E-state index is 13.9. The fraction of sp³-hybridized carbons (Fsp3) is 0.389. The number of hydrogen-bond acceptors (Lipinski definition) is 5. The first kappa shape index (κ1) is 18.5. The van der Waals surface area contributed by atoms with Crippen LogP contribution in [-0.2, 0) is 4.74 Å². The molecular weight excluding hydrogens is 361 g/mol. The van der Waals surface area contributed by atoms with Crippen molar-refractivity contribution < 1.29 is 18.7 Å². The van der Waals surface area contributed by atoms with E-state index >= 15 is 0 Å². The second-order valence-corrected chi connectivity index (χ2v) is 6.60. The molecule has 0 spiro atoms. The van der Waals surface area contributed by atoms with Crippen LogP contribution in [0.3, 0.4) is 0 Å². The molecule has 3 rings (SSSR count). The molecule has 0 radical (unpaired) electrons. The molecule has 0 saturated carbocycles. The lowest BCUT2D eigenvalue weighted by atomic mass is 10.1. The van der Waals surface area contributed by atoms with Crippen molar-refractivity contribution in [1.82, 2.24) is 14.9 Å². The zero-order valence-electron chi connectivity index (χ0n) is 14.5. The minimum atomic E-state index is -0.525. The molecule has 1 unspecified atom stereocenters. The molecule has 1 fully saturated rings. The van der Waals surface area contributed by atoms with Gasteiger partial charge in [0.1, 0.15) is 17.9 Å². The zero-order chi connectivity index (χ0) is 18.7. The predicted molar refractivity (Wildman–Crippen MR) is 94.0 cm³/mol. The summed E-state index contributed by atoms with van der Waals surface area (Å²) in [5.74, 6) is -0.465. The average molecular weight is 380 g/mol. The molecular formula is C18H19ClFN3O3. The summed E-state index contributed by atoms with van der Waals surface area (Å²) in [6.07, 6.45) is 3.41. The molecule has 0 bridgehead atoms. The maximum Gasteiger partial charge on any atom is 0.258 e. The third-order valence-electron chi connectivity index (χ3n) is 4.11. The first-order valence-electron chi connectivity index (χ1n) is 8.30. The smallest absolute Gasteiger partial charge is 0.258 e. The molecule has 26 heavy (non-hydrogen) atoms. The fourth-order valence-electron chi connectivity index (χ4n) is 2.95. The molecule has 1 aliphatic rings. The van der Waals surface area contributed by atoms with Crippen molar-refractivity contribution in [3.05, 3.63) is 47.3 Å². The van der Waals surface area contributed by atoms with Crippen molar-refractivity contribution >= 4 is 17.5 Å². The number of ether oxygens (including phenoxy) is 2. The van der Waals surface area contributed by atoms with Crippen LogP contribution in [0.5, 0.6) is 11.5 Å². The Morgan fingerprint density at radius 3 is 2.88 bits per heavy atom. The molecule has 2 aromatic rings. The number of nitrogens with zero attached hydrogens (tertiary/aromatic N) is 3. The first-order valence-corrected chi connectivity index (χ1v) is 8.68. The van der Waals surface area contributed by atoms with Gasteiger partial charge in [-0.1, -0.05) is 11.6 Å². The molecule has 1 amide bonds. The average Bonchev–Trinajstić information content (AvgIpc) is 3.12. The summed E-state index contributed by atoms with van der Waals surface area (Å²) >= 11 is 5.99. The van der Waals surface area contributed by atoms with Gasteiger partial charge in [-0.05, 0) is 38.5 Å². The van der Waals surface area contributed by atoms with E-state index in [1.54, 1.807) is 4.90 Å². The highest BCUT2D eigenvalue weighted by Gasteiger charge is 2.32. The van der Waals surface area contributed by atoms with Crippen LogP contribution in [-0.4, -0.2) is 46.1 Å². The van der Waals surface area contributed by atoms with Crippen molar-refractivity contribution in [2.45, 2.75) is 32.4 Å². The van der Waals surface area contributed by atoms with Gasteiger partial charge in [-0.25, -0.2) is 14.4 Å². The number of hydrogen-bond donors (Lipinski definition) is 0. The minimum absolute atomic E-state index is 0.0535. The van der Waals surface area contributed by atoms with Crippen LogP contribution in [0.1, 0.15) is 30.6 Å². The van der Waals surface area contributed by atoms with Gasteiger partial charge in [-0.2, -0.15) is 0 Å². The topological polar surface area (TPSA) is 64.6 Å². The van der Waals surface area contributed by atoms with E-state index in [0.29, 0.717) is 13.2 Å². The number of halogens is 2. The van der Waals surface area contributed by atoms with Gasteiger partial charge in [0.05, 0.1) is 24.4 Å². The predicted octanol–water partition coefficient (Wildman–Crippen LogP) is 3.70. The van der Waals surface area contributed by atoms with Gasteiger partial charge in [0.25, 0.3) is 5.91 Å². The molecule has 1 atom stereocenters. The number of amides is 1. The minimum Gasteiger partial charge on any atom is -0.452 e. The second kappa shape index (κ2) is 7.97. The summed E-state index contributed by atoms with van der Waals surface area (Å²) in [6.45, 7) is 4.90. The van der Waals surface area contributed by atoms with Crippen molar-refractivity contribution in [3.8, 4) is 11.5 Å². The van der Waals surface area contributed by atoms with Gasteiger partial charge in [0.15, 0.2) is 10.9 Å². The van der Waals surface area contributed by atoms with Gasteiger partial charge in [-0.15, -0.1) is 0 Å². The summed E-state index contributed by atoms with van der Waals surface area (Å²) in [7, 11) is 0. The van der Waals surface area contributed by atoms with Crippen molar-refractivity contribution in [2.24, 2.45) is 0 Å². The highest BCUT2D eigenvalue weighted by molar-refractivity contribution is 6.30. The summed E-state index contributed by atoms with van der Waals surface area (Å²) < 4.78 is 25.0. The van der Waals surface area contributed by atoms with E-state index in [4.69, 9.17) is 21.1 Å². The Labute approximate surface area is 155 Å². The largest absolute Gasteiger partial charge is 0.452 e. The summed E-state index contributed by atoms with van der Waals surface area (Å²) in [6, 6.07) is 3.66. The normalized spacial score (nSPS) is 16.7. The summed E-state index contributed by atoms with van der Waals surface area (Å²) in [5, 5.41) is 0.104. The van der Waals surface area contributed by atoms with E-state index in [2.05, 4.69) is 9.97 Å². The number of carbonyl (C=O) groups excluding carboxylic acids is 1. The number of carbonyl (C=O) groups is 1. The van der Waals surface area contributed by atoms with E-state index in [1.807, 2.05) is 13.8 Å². The Balaban J connectivity index is 1.96. The third kappa shape index (κ3) is 3.94. The molecule has 0 N–H and O–H groups in total. The number of rotatable bonds is 5. The second-order valence-electron chi connectivity index (χ2n) is 6.24. The standard InChI is InChI=1S/C18H19ClFN3O3/c1-11(2)23(13-5-6-25-9-13)18(24)14-7-12(20)3-4-15(14)26-16-8-21-10-22-17(16)19/h3-4,7-8,10-11,13H,5-6,9H2,1-2H3. The quantitative estimate of drug-likeness (QED) is 0.741. The molecule has 138 valence electrons. The molecule has 1 aromatic carbocycles. The number of benzene rings is 1. The molecule has 1 saturated heterocycles. The lowest BCUT2D eigenvalue weighted by Gasteiger charge is -2.32. The molecule has 0 aliphatic carbocycles. The van der Waals surface area contributed by atoms with Crippen LogP contribution in [0.25, 0.3) is 0 Å². The molecule has 2 heterocycles. The van der Waals surface area contributed by atoms with Crippen LogP contribution >= 0.6 is 11.6 Å². The monoisotopic (exact) mass is 379 g/mol. The summed E-state index contributed by atoms with van der Waals surface area (Å²) in [4.78, 5) is 22.6. The Bertz CT molecular complexity index is 797. The van der Waals surface area contributed by atoms with Crippen LogP contribution in [0.4, 0.5) is 4.39 Å². The fourth-order valence-corrected chi connectivity index (χ4v) is 3.08. The van der Waals surface area contributed by atoms with E-state index in [0.717, 1.165) is 6.42 Å². The molecule has 1 aliphatic heterocycles. The van der Waals surface area contributed by atoms with Crippen molar-refractivity contribution in [1.29, 1.82) is 0 Å². The third-order valence-corrected chi connectivity index (χ3v) is 4.40. The maximum absolute atomic E-state index is 13.9. The van der Waals surface area contributed by atoms with Gasteiger partial charge < -0.3 is 14.4 Å². The molecule has 1 aromatic heterocycles. The number of aromatic nitrogens is 2. The van der Waals surface area contributed by atoms with E-state index < -0.39 is 5.82 Å². The van der Waals surface area contributed by atoms with E-state index in [-0.39, 0.29) is 40.2 Å². The lowest BCUT2D eigenvalue weighted by Crippen LogP contribution is -2.45. The molecule has 6 nitrogen and oxygen atoms in total. The summed E-state index contributed by atoms with van der Waals surface area (Å²) in [5.41, 5.74) is 0.116. The Kier molecular flexibility index (Phi) is 5.68. The van der Waals surface area contributed by atoms with Crippen LogP contribution < -0.4 is 4.74 Å². The van der Waals surface area contributed by atoms with Crippen LogP contribution in [0.2, 0.25) is 5.15 Å².